The SMILES string of the molecule is COc1ccccc1/C=N\NC(=O)CN1C(=O)c2cccc3cccc1c23. The number of ether oxygens (including phenoxy) is 1. The lowest BCUT2D eigenvalue weighted by atomic mass is 10.1. The van der Waals surface area contributed by atoms with Crippen LogP contribution in [0, 0.1) is 0 Å². The molecule has 0 radical (unpaired) electrons. The fourth-order valence-electron chi connectivity index (χ4n) is 3.26. The minimum absolute atomic E-state index is 0.101. The second-order valence-electron chi connectivity index (χ2n) is 6.11. The van der Waals surface area contributed by atoms with Gasteiger partial charge in [0, 0.05) is 16.5 Å². The Morgan fingerprint density at radius 3 is 2.70 bits per heavy atom. The Labute approximate surface area is 156 Å². The quantitative estimate of drug-likeness (QED) is 0.562. The maximum atomic E-state index is 12.7. The number of carbonyl (C=O) groups is 2. The Kier molecular flexibility index (Phi) is 4.30. The van der Waals surface area contributed by atoms with Crippen LogP contribution in [-0.4, -0.2) is 31.7 Å². The first kappa shape index (κ1) is 16.8. The Balaban J connectivity index is 1.49. The largest absolute Gasteiger partial charge is 0.496 e. The molecule has 3 aromatic rings. The first-order valence-electron chi connectivity index (χ1n) is 8.47. The fourth-order valence-corrected chi connectivity index (χ4v) is 3.26. The summed E-state index contributed by atoms with van der Waals surface area (Å²) in [5.74, 6) is 0.109. The molecule has 2 amide bonds. The third-order valence-corrected chi connectivity index (χ3v) is 4.48. The molecule has 6 nitrogen and oxygen atoms in total. The Morgan fingerprint density at radius 2 is 1.89 bits per heavy atom. The Hall–Kier alpha value is -3.67. The van der Waals surface area contributed by atoms with Crippen molar-refractivity contribution in [2.75, 3.05) is 18.6 Å². The maximum absolute atomic E-state index is 12.7. The highest BCUT2D eigenvalue weighted by molar-refractivity contribution is 6.26. The molecule has 0 atom stereocenters. The molecule has 0 saturated heterocycles. The predicted molar refractivity (Wildman–Crippen MR) is 104 cm³/mol. The lowest BCUT2D eigenvalue weighted by molar-refractivity contribution is -0.119. The maximum Gasteiger partial charge on any atom is 0.260 e. The van der Waals surface area contributed by atoms with Crippen molar-refractivity contribution in [1.82, 2.24) is 5.43 Å². The summed E-state index contributed by atoms with van der Waals surface area (Å²) in [5, 5.41) is 5.84. The van der Waals surface area contributed by atoms with Gasteiger partial charge in [0.2, 0.25) is 0 Å². The van der Waals surface area contributed by atoms with Crippen LogP contribution in [-0.2, 0) is 4.79 Å². The van der Waals surface area contributed by atoms with Gasteiger partial charge in [-0.15, -0.1) is 0 Å². The van der Waals surface area contributed by atoms with Gasteiger partial charge in [0.25, 0.3) is 11.8 Å². The number of hydrazone groups is 1. The van der Waals surface area contributed by atoms with Crippen molar-refractivity contribution in [3.8, 4) is 5.75 Å². The molecule has 0 spiro atoms. The van der Waals surface area contributed by atoms with E-state index in [1.807, 2.05) is 54.6 Å². The average molecular weight is 359 g/mol. The van der Waals surface area contributed by atoms with Gasteiger partial charge in [0.1, 0.15) is 12.3 Å². The summed E-state index contributed by atoms with van der Waals surface area (Å²) < 4.78 is 5.24. The number of para-hydroxylation sites is 1. The topological polar surface area (TPSA) is 71.0 Å². The van der Waals surface area contributed by atoms with Gasteiger partial charge in [-0.3, -0.25) is 14.5 Å². The van der Waals surface area contributed by atoms with E-state index >= 15 is 0 Å². The average Bonchev–Trinajstić information content (AvgIpc) is 2.96. The highest BCUT2D eigenvalue weighted by Crippen LogP contribution is 2.36. The summed E-state index contributed by atoms with van der Waals surface area (Å²) in [6.45, 7) is -0.101. The predicted octanol–water partition coefficient (Wildman–Crippen LogP) is 2.96. The van der Waals surface area contributed by atoms with E-state index in [1.165, 1.54) is 11.1 Å². The van der Waals surface area contributed by atoms with Gasteiger partial charge in [-0.1, -0.05) is 36.4 Å². The van der Waals surface area contributed by atoms with Crippen LogP contribution in [0.15, 0.2) is 65.8 Å². The summed E-state index contributed by atoms with van der Waals surface area (Å²) in [6, 6.07) is 18.6. The number of nitrogens with one attached hydrogen (secondary N) is 1. The molecule has 3 aromatic carbocycles. The van der Waals surface area contributed by atoms with Crippen molar-refractivity contribution in [2.24, 2.45) is 5.10 Å². The minimum Gasteiger partial charge on any atom is -0.496 e. The van der Waals surface area contributed by atoms with Crippen molar-refractivity contribution in [3.63, 3.8) is 0 Å². The Morgan fingerprint density at radius 1 is 1.11 bits per heavy atom. The second kappa shape index (κ2) is 6.92. The number of anilines is 1. The van der Waals surface area contributed by atoms with Crippen LogP contribution in [0.4, 0.5) is 5.69 Å². The standard InChI is InChI=1S/C21H17N3O3/c1-27-18-11-3-2-6-15(18)12-22-23-19(25)13-24-17-10-5-8-14-7-4-9-16(20(14)17)21(24)26/h2-12H,13H2,1H3,(H,23,25)/b22-12-. The number of benzene rings is 3. The van der Waals surface area contributed by atoms with Gasteiger partial charge in [-0.2, -0.15) is 5.10 Å². The number of rotatable bonds is 5. The molecule has 6 heteroatoms. The van der Waals surface area contributed by atoms with Crippen molar-refractivity contribution < 1.29 is 14.3 Å². The number of nitrogens with zero attached hydrogens (tertiary/aromatic N) is 2. The van der Waals surface area contributed by atoms with Crippen LogP contribution in [0.5, 0.6) is 5.75 Å². The molecule has 4 rings (SSSR count). The van der Waals surface area contributed by atoms with Crippen LogP contribution >= 0.6 is 0 Å². The van der Waals surface area contributed by atoms with E-state index in [9.17, 15) is 9.59 Å². The zero-order valence-electron chi connectivity index (χ0n) is 14.7. The normalized spacial score (nSPS) is 12.8. The highest BCUT2D eigenvalue weighted by Gasteiger charge is 2.30. The van der Waals surface area contributed by atoms with Crippen LogP contribution in [0.2, 0.25) is 0 Å². The molecule has 0 aromatic heterocycles. The van der Waals surface area contributed by atoms with E-state index in [4.69, 9.17) is 4.74 Å². The van der Waals surface area contributed by atoms with Crippen LogP contribution in [0.1, 0.15) is 15.9 Å². The molecule has 0 aliphatic carbocycles. The van der Waals surface area contributed by atoms with Gasteiger partial charge in [0.15, 0.2) is 0 Å². The van der Waals surface area contributed by atoms with Gasteiger partial charge in [0.05, 0.1) is 19.0 Å². The zero-order valence-corrected chi connectivity index (χ0v) is 14.7. The molecule has 134 valence electrons. The molecule has 0 unspecified atom stereocenters. The molecule has 0 bridgehead atoms. The number of amides is 2. The molecule has 0 saturated carbocycles. The monoisotopic (exact) mass is 359 g/mol. The first-order chi connectivity index (χ1) is 13.2. The highest BCUT2D eigenvalue weighted by atomic mass is 16.5. The third-order valence-electron chi connectivity index (χ3n) is 4.48. The number of hydrogen-bond acceptors (Lipinski definition) is 4. The first-order valence-corrected chi connectivity index (χ1v) is 8.47. The third kappa shape index (κ3) is 3.01. The van der Waals surface area contributed by atoms with E-state index in [-0.39, 0.29) is 18.4 Å². The molecule has 1 N–H and O–H groups in total. The van der Waals surface area contributed by atoms with Crippen LogP contribution < -0.4 is 15.1 Å². The Bertz CT molecular complexity index is 1070. The lowest BCUT2D eigenvalue weighted by Crippen LogP contribution is -2.37. The molecular formula is C21H17N3O3. The fraction of sp³-hybridized carbons (Fsp3) is 0.0952. The molecule has 0 fully saturated rings. The summed E-state index contributed by atoms with van der Waals surface area (Å²) in [4.78, 5) is 26.5. The van der Waals surface area contributed by atoms with Gasteiger partial charge in [-0.05, 0) is 29.7 Å². The van der Waals surface area contributed by atoms with E-state index in [1.54, 1.807) is 13.2 Å². The van der Waals surface area contributed by atoms with Crippen molar-refractivity contribution in [2.45, 2.75) is 0 Å². The van der Waals surface area contributed by atoms with E-state index in [0.29, 0.717) is 11.3 Å². The molecule has 27 heavy (non-hydrogen) atoms. The zero-order chi connectivity index (χ0) is 18.8. The smallest absolute Gasteiger partial charge is 0.260 e. The summed E-state index contributed by atoms with van der Waals surface area (Å²) in [5.41, 5.74) is 4.58. The lowest BCUT2D eigenvalue weighted by Gasteiger charge is -2.16. The van der Waals surface area contributed by atoms with Crippen molar-refractivity contribution >= 4 is 34.5 Å². The summed E-state index contributed by atoms with van der Waals surface area (Å²) in [6.07, 6.45) is 1.51. The van der Waals surface area contributed by atoms with Crippen molar-refractivity contribution in [3.05, 3.63) is 71.8 Å². The molecule has 1 aliphatic heterocycles. The van der Waals surface area contributed by atoms with E-state index in [0.717, 1.165) is 22.0 Å². The second-order valence-corrected chi connectivity index (χ2v) is 6.11. The van der Waals surface area contributed by atoms with Crippen LogP contribution in [0.25, 0.3) is 10.8 Å². The van der Waals surface area contributed by atoms with Crippen LogP contribution in [0.3, 0.4) is 0 Å². The van der Waals surface area contributed by atoms with Gasteiger partial charge in [-0.25, -0.2) is 5.43 Å². The number of hydrogen-bond donors (Lipinski definition) is 1. The number of carbonyl (C=O) groups excluding carboxylic acids is 2. The molecular weight excluding hydrogens is 342 g/mol. The van der Waals surface area contributed by atoms with Gasteiger partial charge >= 0.3 is 0 Å². The summed E-state index contributed by atoms with van der Waals surface area (Å²) >= 11 is 0. The van der Waals surface area contributed by atoms with Gasteiger partial charge < -0.3 is 4.74 Å². The minimum atomic E-state index is -0.376. The van der Waals surface area contributed by atoms with Crippen molar-refractivity contribution in [1.29, 1.82) is 0 Å². The number of methoxy groups -OCH3 is 1. The molecule has 1 heterocycles. The molecule has 1 aliphatic rings. The van der Waals surface area contributed by atoms with E-state index in [2.05, 4.69) is 10.5 Å². The van der Waals surface area contributed by atoms with E-state index < -0.39 is 0 Å². The summed E-state index contributed by atoms with van der Waals surface area (Å²) in [7, 11) is 1.57.